The van der Waals surface area contributed by atoms with E-state index in [9.17, 15) is 4.79 Å². The van der Waals surface area contributed by atoms with Crippen LogP contribution >= 0.6 is 24.8 Å². The lowest BCUT2D eigenvalue weighted by molar-refractivity contribution is 0.124. The van der Waals surface area contributed by atoms with Crippen LogP contribution in [0.2, 0.25) is 0 Å². The molecule has 192 valence electrons. The number of piperazine rings is 1. The lowest BCUT2D eigenvalue weighted by Gasteiger charge is -2.34. The molecule has 1 aliphatic heterocycles. The minimum atomic E-state index is -0.0313. The molecule has 0 bridgehead atoms. The van der Waals surface area contributed by atoms with Gasteiger partial charge in [0.05, 0.1) is 6.54 Å². The van der Waals surface area contributed by atoms with Crippen LogP contribution in [0.4, 0.5) is 0 Å². The largest absolute Gasteiger partial charge is 0.492 e. The van der Waals surface area contributed by atoms with E-state index in [0.29, 0.717) is 19.7 Å². The number of hydrogen-bond acceptors (Lipinski definition) is 5. The van der Waals surface area contributed by atoms with Gasteiger partial charge in [0.15, 0.2) is 0 Å². The highest BCUT2D eigenvalue weighted by Gasteiger charge is 2.17. The summed E-state index contributed by atoms with van der Waals surface area (Å²) in [6.07, 6.45) is 1.66. The molecular formula is C26H37Cl2N5O2. The van der Waals surface area contributed by atoms with Crippen molar-refractivity contribution in [2.45, 2.75) is 39.4 Å². The number of rotatable bonds is 11. The fourth-order valence-corrected chi connectivity index (χ4v) is 4.35. The first kappa shape index (κ1) is 28.9. The van der Waals surface area contributed by atoms with E-state index < -0.39 is 0 Å². The number of nitrogens with zero attached hydrogens (tertiary/aromatic N) is 5. The van der Waals surface area contributed by atoms with Crippen molar-refractivity contribution in [2.75, 3.05) is 39.3 Å². The molecule has 1 aliphatic rings. The van der Waals surface area contributed by atoms with Crippen LogP contribution in [0, 0.1) is 0 Å². The fraction of sp³-hybridized carbons (Fsp3) is 0.462. The molecule has 0 atom stereocenters. The molecule has 9 heteroatoms. The zero-order chi connectivity index (χ0) is 22.9. The molecule has 1 saturated heterocycles. The van der Waals surface area contributed by atoms with Crippen molar-refractivity contribution in [3.8, 4) is 5.75 Å². The van der Waals surface area contributed by atoms with Gasteiger partial charge in [-0.25, -0.2) is 9.48 Å². The topological polar surface area (TPSA) is 55.5 Å². The first-order chi connectivity index (χ1) is 16.2. The van der Waals surface area contributed by atoms with Gasteiger partial charge in [0, 0.05) is 52.2 Å². The molecule has 0 aliphatic carbocycles. The van der Waals surface area contributed by atoms with E-state index >= 15 is 0 Å². The zero-order valence-electron chi connectivity index (χ0n) is 20.4. The van der Waals surface area contributed by atoms with E-state index in [1.54, 1.807) is 9.25 Å². The third-order valence-corrected chi connectivity index (χ3v) is 6.20. The van der Waals surface area contributed by atoms with Gasteiger partial charge in [-0.15, -0.1) is 24.8 Å². The lowest BCUT2D eigenvalue weighted by Crippen LogP contribution is -2.46. The second-order valence-corrected chi connectivity index (χ2v) is 8.55. The van der Waals surface area contributed by atoms with Crippen LogP contribution in [0.15, 0.2) is 65.5 Å². The summed E-state index contributed by atoms with van der Waals surface area (Å²) >= 11 is 0. The molecule has 0 amide bonds. The Balaban J connectivity index is 0.00000216. The van der Waals surface area contributed by atoms with Crippen LogP contribution in [0.1, 0.15) is 24.7 Å². The summed E-state index contributed by atoms with van der Waals surface area (Å²) in [7, 11) is 0. The van der Waals surface area contributed by atoms with Crippen molar-refractivity contribution in [3.63, 3.8) is 0 Å². The highest BCUT2D eigenvalue weighted by atomic mass is 35.5. The first-order valence-electron chi connectivity index (χ1n) is 12.1. The molecule has 1 fully saturated rings. The molecule has 2 heterocycles. The Morgan fingerprint density at radius 1 is 0.829 bits per heavy atom. The summed E-state index contributed by atoms with van der Waals surface area (Å²) in [5, 5.41) is 4.58. The van der Waals surface area contributed by atoms with Gasteiger partial charge in [-0.2, -0.15) is 5.10 Å². The molecule has 0 spiro atoms. The average molecular weight is 523 g/mol. The normalized spacial score (nSPS) is 14.2. The number of ether oxygens (including phenoxy) is 1. The van der Waals surface area contributed by atoms with Crippen LogP contribution < -0.4 is 10.4 Å². The standard InChI is InChI=1S/C26H35N5O2.2ClH/c1-2-25-27-31(26(32)30(25)20-21-33-24-12-7-4-8-13-24)15-9-14-28-16-18-29(19-17-28)22-23-10-5-3-6-11-23;;/h3-8,10-13H,2,9,14-22H2,1H3;2*1H. The molecule has 0 radical (unpaired) electrons. The molecule has 7 nitrogen and oxygen atoms in total. The number of aromatic nitrogens is 3. The molecule has 0 unspecified atom stereocenters. The van der Waals surface area contributed by atoms with E-state index in [0.717, 1.165) is 63.7 Å². The minimum absolute atomic E-state index is 0. The zero-order valence-corrected chi connectivity index (χ0v) is 22.1. The summed E-state index contributed by atoms with van der Waals surface area (Å²) in [5.41, 5.74) is 1.35. The molecular weight excluding hydrogens is 485 g/mol. The van der Waals surface area contributed by atoms with Crippen LogP contribution in [0.5, 0.6) is 5.75 Å². The van der Waals surface area contributed by atoms with Crippen LogP contribution in [0.3, 0.4) is 0 Å². The summed E-state index contributed by atoms with van der Waals surface area (Å²) in [6.45, 7) is 10.0. The van der Waals surface area contributed by atoms with Crippen molar-refractivity contribution in [1.82, 2.24) is 24.1 Å². The number of para-hydroxylation sites is 1. The predicted molar refractivity (Wildman–Crippen MR) is 145 cm³/mol. The summed E-state index contributed by atoms with van der Waals surface area (Å²) in [6, 6.07) is 20.4. The third kappa shape index (κ3) is 8.39. The Morgan fingerprint density at radius 3 is 2.11 bits per heavy atom. The molecule has 3 aromatic rings. The molecule has 1 aromatic heterocycles. The Hall–Kier alpha value is -2.32. The van der Waals surface area contributed by atoms with Crippen molar-refractivity contribution < 1.29 is 4.74 Å². The second-order valence-electron chi connectivity index (χ2n) is 8.55. The van der Waals surface area contributed by atoms with E-state index in [2.05, 4.69) is 45.2 Å². The van der Waals surface area contributed by atoms with Gasteiger partial charge >= 0.3 is 5.69 Å². The van der Waals surface area contributed by atoms with Gasteiger partial charge in [0.1, 0.15) is 18.2 Å². The monoisotopic (exact) mass is 521 g/mol. The second kappa shape index (κ2) is 14.9. The average Bonchev–Trinajstić information content (AvgIpc) is 3.16. The third-order valence-electron chi connectivity index (χ3n) is 6.20. The van der Waals surface area contributed by atoms with E-state index in [4.69, 9.17) is 4.74 Å². The van der Waals surface area contributed by atoms with Crippen molar-refractivity contribution in [3.05, 3.63) is 82.5 Å². The fourth-order valence-electron chi connectivity index (χ4n) is 4.35. The summed E-state index contributed by atoms with van der Waals surface area (Å²) < 4.78 is 9.16. The number of hydrogen-bond donors (Lipinski definition) is 0. The molecule has 4 rings (SSSR count). The van der Waals surface area contributed by atoms with Gasteiger partial charge in [-0.05, 0) is 24.1 Å². The Morgan fingerprint density at radius 2 is 1.46 bits per heavy atom. The maximum Gasteiger partial charge on any atom is 0.346 e. The SMILES string of the molecule is CCc1nn(CCCN2CCN(Cc3ccccc3)CC2)c(=O)n1CCOc1ccccc1.Cl.Cl. The quantitative estimate of drug-likeness (QED) is 0.384. The summed E-state index contributed by atoms with van der Waals surface area (Å²) in [4.78, 5) is 17.9. The summed E-state index contributed by atoms with van der Waals surface area (Å²) in [5.74, 6) is 1.64. The van der Waals surface area contributed by atoms with Gasteiger partial charge in [0.25, 0.3) is 0 Å². The Labute approximate surface area is 220 Å². The minimum Gasteiger partial charge on any atom is -0.492 e. The highest BCUT2D eigenvalue weighted by molar-refractivity contribution is 5.85. The van der Waals surface area contributed by atoms with Crippen molar-refractivity contribution in [1.29, 1.82) is 0 Å². The van der Waals surface area contributed by atoms with E-state index in [1.165, 1.54) is 5.56 Å². The number of benzene rings is 2. The maximum atomic E-state index is 12.9. The highest BCUT2D eigenvalue weighted by Crippen LogP contribution is 2.10. The van der Waals surface area contributed by atoms with Gasteiger partial charge in [-0.3, -0.25) is 9.47 Å². The van der Waals surface area contributed by atoms with Crippen LogP contribution in [-0.2, 0) is 26.1 Å². The smallest absolute Gasteiger partial charge is 0.346 e. The van der Waals surface area contributed by atoms with Crippen molar-refractivity contribution >= 4 is 24.8 Å². The van der Waals surface area contributed by atoms with Crippen molar-refractivity contribution in [2.24, 2.45) is 0 Å². The van der Waals surface area contributed by atoms with E-state index in [-0.39, 0.29) is 30.5 Å². The Kier molecular flexibility index (Phi) is 12.3. The predicted octanol–water partition coefficient (Wildman–Crippen LogP) is 3.74. The van der Waals surface area contributed by atoms with Crippen LogP contribution in [-0.4, -0.2) is 63.5 Å². The van der Waals surface area contributed by atoms with Gasteiger partial charge in [0.2, 0.25) is 0 Å². The number of aryl methyl sites for hydroxylation is 2. The lowest BCUT2D eigenvalue weighted by atomic mass is 10.2. The van der Waals surface area contributed by atoms with Gasteiger partial charge < -0.3 is 9.64 Å². The molecule has 35 heavy (non-hydrogen) atoms. The number of halogens is 2. The Bertz CT molecular complexity index is 1030. The van der Waals surface area contributed by atoms with Gasteiger partial charge in [-0.1, -0.05) is 55.5 Å². The molecule has 2 aromatic carbocycles. The molecule has 0 saturated carbocycles. The first-order valence-corrected chi connectivity index (χ1v) is 12.1. The van der Waals surface area contributed by atoms with Crippen LogP contribution in [0.25, 0.3) is 0 Å². The van der Waals surface area contributed by atoms with E-state index in [1.807, 2.05) is 37.3 Å². The molecule has 0 N–H and O–H groups in total. The maximum absolute atomic E-state index is 12.9.